The maximum Gasteiger partial charge on any atom is 0.258 e. The number of carbonyl (C=O) groups is 1. The normalized spacial score (nSPS) is 22.5. The molecule has 13 heavy (non-hydrogen) atoms. The third-order valence-electron chi connectivity index (χ3n) is 2.43. The third kappa shape index (κ3) is 2.42. The molecule has 1 aliphatic rings. The maximum absolute atomic E-state index is 11.6. The summed E-state index contributed by atoms with van der Waals surface area (Å²) in [5, 5.41) is 11.6. The van der Waals surface area contributed by atoms with Gasteiger partial charge in [0.25, 0.3) is 5.91 Å². The van der Waals surface area contributed by atoms with E-state index in [2.05, 4.69) is 0 Å². The molecule has 1 amide bonds. The van der Waals surface area contributed by atoms with Gasteiger partial charge in [0, 0.05) is 13.1 Å². The van der Waals surface area contributed by atoms with E-state index < -0.39 is 5.60 Å². The van der Waals surface area contributed by atoms with Crippen LogP contribution in [-0.2, 0) is 14.6 Å². The predicted octanol–water partition coefficient (Wildman–Crippen LogP) is 0.444. The zero-order chi connectivity index (χ0) is 9.90. The molecule has 0 aliphatic carbocycles. The van der Waals surface area contributed by atoms with Gasteiger partial charge in [0.05, 0.1) is 13.2 Å². The summed E-state index contributed by atoms with van der Waals surface area (Å²) >= 11 is 0. The second-order valence-corrected chi connectivity index (χ2v) is 3.49. The third-order valence-corrected chi connectivity index (χ3v) is 2.43. The van der Waals surface area contributed by atoms with Gasteiger partial charge in [-0.1, -0.05) is 6.92 Å². The molecule has 0 aromatic carbocycles. The second kappa shape index (κ2) is 4.07. The minimum Gasteiger partial charge on any atom is -0.378 e. The highest BCUT2D eigenvalue weighted by Gasteiger charge is 2.35. The highest BCUT2D eigenvalue weighted by atomic mass is 16.5. The Bertz CT molecular complexity index is 185. The molecule has 1 aliphatic heterocycles. The van der Waals surface area contributed by atoms with Crippen LogP contribution in [0.2, 0.25) is 0 Å². The molecule has 1 heterocycles. The van der Waals surface area contributed by atoms with Gasteiger partial charge >= 0.3 is 0 Å². The van der Waals surface area contributed by atoms with Crippen LogP contribution in [0.25, 0.3) is 0 Å². The van der Waals surface area contributed by atoms with Crippen molar-refractivity contribution in [3.8, 4) is 0 Å². The molecule has 0 aromatic heterocycles. The summed E-state index contributed by atoms with van der Waals surface area (Å²) in [4.78, 5) is 13.2. The first-order valence-electron chi connectivity index (χ1n) is 4.65. The number of morpholine rings is 1. The van der Waals surface area contributed by atoms with Crippen molar-refractivity contribution < 1.29 is 14.6 Å². The monoisotopic (exact) mass is 186 g/mol. The van der Waals surface area contributed by atoms with E-state index in [1.54, 1.807) is 11.8 Å². The van der Waals surface area contributed by atoms with E-state index in [4.69, 9.17) is 4.74 Å². The summed E-state index contributed by atoms with van der Waals surface area (Å²) in [5.74, 6) is -0.293. The van der Waals surface area contributed by atoms with Crippen molar-refractivity contribution in [2.75, 3.05) is 26.3 Å². The number of hydrogen-bond donors (Lipinski definition) is 0. The van der Waals surface area contributed by atoms with Crippen molar-refractivity contribution in [3.63, 3.8) is 0 Å². The molecule has 1 unspecified atom stereocenters. The topological polar surface area (TPSA) is 49.4 Å². The number of amides is 1. The first kappa shape index (κ1) is 10.5. The van der Waals surface area contributed by atoms with Crippen molar-refractivity contribution in [2.24, 2.45) is 0 Å². The number of rotatable bonds is 2. The summed E-state index contributed by atoms with van der Waals surface area (Å²) in [6.45, 7) is 5.39. The summed E-state index contributed by atoms with van der Waals surface area (Å²) in [6, 6.07) is 0. The fourth-order valence-corrected chi connectivity index (χ4v) is 1.25. The van der Waals surface area contributed by atoms with Crippen LogP contribution in [-0.4, -0.2) is 42.7 Å². The Morgan fingerprint density at radius 3 is 2.46 bits per heavy atom. The van der Waals surface area contributed by atoms with Crippen LogP contribution in [0.4, 0.5) is 0 Å². The van der Waals surface area contributed by atoms with Crippen molar-refractivity contribution >= 4 is 5.91 Å². The number of nitrogens with zero attached hydrogens (tertiary/aromatic N) is 1. The first-order valence-corrected chi connectivity index (χ1v) is 4.65. The molecular weight excluding hydrogens is 170 g/mol. The lowest BCUT2D eigenvalue weighted by Gasteiger charge is -2.31. The van der Waals surface area contributed by atoms with E-state index >= 15 is 0 Å². The summed E-state index contributed by atoms with van der Waals surface area (Å²) in [7, 11) is 0. The lowest BCUT2D eigenvalue weighted by molar-refractivity contribution is -0.160. The highest BCUT2D eigenvalue weighted by molar-refractivity contribution is 5.84. The Balaban J connectivity index is 2.55. The van der Waals surface area contributed by atoms with E-state index in [0.717, 1.165) is 0 Å². The fraction of sp³-hybridized carbons (Fsp3) is 0.889. The fourth-order valence-electron chi connectivity index (χ4n) is 1.25. The number of hydrogen-bond acceptors (Lipinski definition) is 2. The van der Waals surface area contributed by atoms with Gasteiger partial charge < -0.3 is 9.64 Å². The molecule has 1 rings (SSSR count). The first-order chi connectivity index (χ1) is 6.08. The minimum atomic E-state index is -1.46. The molecule has 1 fully saturated rings. The molecule has 0 spiro atoms. The van der Waals surface area contributed by atoms with Crippen molar-refractivity contribution in [1.29, 1.82) is 0 Å². The van der Waals surface area contributed by atoms with Gasteiger partial charge in [-0.3, -0.25) is 4.79 Å². The highest BCUT2D eigenvalue weighted by Crippen LogP contribution is 2.14. The van der Waals surface area contributed by atoms with Crippen LogP contribution >= 0.6 is 0 Å². The molecule has 0 bridgehead atoms. The van der Waals surface area contributed by atoms with Gasteiger partial charge in [0.1, 0.15) is 0 Å². The molecule has 1 saturated heterocycles. The van der Waals surface area contributed by atoms with E-state index in [1.807, 2.05) is 0 Å². The minimum absolute atomic E-state index is 0.293. The lowest BCUT2D eigenvalue weighted by Crippen LogP contribution is -2.50. The predicted molar refractivity (Wildman–Crippen MR) is 46.8 cm³/mol. The Kier molecular flexibility index (Phi) is 3.27. The Morgan fingerprint density at radius 1 is 1.46 bits per heavy atom. The van der Waals surface area contributed by atoms with Gasteiger partial charge in [-0.25, -0.2) is 5.11 Å². The van der Waals surface area contributed by atoms with Crippen LogP contribution in [0.1, 0.15) is 20.3 Å². The lowest BCUT2D eigenvalue weighted by atomic mass is 10.0. The van der Waals surface area contributed by atoms with Gasteiger partial charge in [-0.15, -0.1) is 0 Å². The standard InChI is InChI=1S/C9H16NO3/c1-3-9(2,12)8(11)10-4-6-13-7-5-10/h3-7H2,1-2H3. The molecule has 0 N–H and O–H groups in total. The molecule has 0 aromatic rings. The van der Waals surface area contributed by atoms with E-state index in [0.29, 0.717) is 32.7 Å². The molecule has 1 atom stereocenters. The average molecular weight is 186 g/mol. The van der Waals surface area contributed by atoms with Crippen molar-refractivity contribution in [2.45, 2.75) is 25.9 Å². The van der Waals surface area contributed by atoms with Crippen LogP contribution < -0.4 is 0 Å². The Morgan fingerprint density at radius 2 is 2.00 bits per heavy atom. The smallest absolute Gasteiger partial charge is 0.258 e. The van der Waals surface area contributed by atoms with Crippen LogP contribution in [0, 0.1) is 0 Å². The molecule has 4 heteroatoms. The van der Waals surface area contributed by atoms with Crippen molar-refractivity contribution in [1.82, 2.24) is 4.90 Å². The molecule has 1 radical (unpaired) electrons. The van der Waals surface area contributed by atoms with Crippen molar-refractivity contribution in [3.05, 3.63) is 0 Å². The number of ether oxygens (including phenoxy) is 1. The summed E-state index contributed by atoms with van der Waals surface area (Å²) < 4.78 is 5.10. The van der Waals surface area contributed by atoms with E-state index in [-0.39, 0.29) is 5.91 Å². The summed E-state index contributed by atoms with van der Waals surface area (Å²) in [5.41, 5.74) is -1.46. The zero-order valence-electron chi connectivity index (χ0n) is 8.21. The Labute approximate surface area is 78.5 Å². The van der Waals surface area contributed by atoms with Gasteiger partial charge in [-0.2, -0.15) is 0 Å². The van der Waals surface area contributed by atoms with Crippen LogP contribution in [0.5, 0.6) is 0 Å². The van der Waals surface area contributed by atoms with E-state index in [9.17, 15) is 9.90 Å². The summed E-state index contributed by atoms with van der Waals surface area (Å²) in [6.07, 6.45) is 0.336. The molecule has 0 saturated carbocycles. The van der Waals surface area contributed by atoms with Crippen LogP contribution in [0.15, 0.2) is 0 Å². The SMILES string of the molecule is CCC(C)([O])C(=O)N1CCOCC1. The zero-order valence-corrected chi connectivity index (χ0v) is 8.21. The van der Waals surface area contributed by atoms with Gasteiger partial charge in [0.2, 0.25) is 0 Å². The largest absolute Gasteiger partial charge is 0.378 e. The molecular formula is C9H16NO3. The number of carbonyl (C=O) groups excluding carboxylic acids is 1. The Hall–Kier alpha value is -0.610. The average Bonchev–Trinajstić information content (AvgIpc) is 2.18. The second-order valence-electron chi connectivity index (χ2n) is 3.49. The molecule has 4 nitrogen and oxygen atoms in total. The van der Waals surface area contributed by atoms with Crippen LogP contribution in [0.3, 0.4) is 0 Å². The van der Waals surface area contributed by atoms with Gasteiger partial charge in [0.15, 0.2) is 5.60 Å². The maximum atomic E-state index is 11.6. The van der Waals surface area contributed by atoms with E-state index in [1.165, 1.54) is 6.92 Å². The quantitative estimate of drug-likeness (QED) is 0.628. The molecule has 75 valence electrons. The van der Waals surface area contributed by atoms with Gasteiger partial charge in [-0.05, 0) is 13.3 Å².